The number of anilines is 1. The molecule has 0 unspecified atom stereocenters. The summed E-state index contributed by atoms with van der Waals surface area (Å²) in [6.45, 7) is 5.78. The lowest BCUT2D eigenvalue weighted by Crippen LogP contribution is -2.68. The lowest BCUT2D eigenvalue weighted by molar-refractivity contribution is -0.306. The molecule has 19 N–H and O–H groups in total. The number of aliphatic hydroxyl groups is 6. The zero-order valence-corrected chi connectivity index (χ0v) is 53.4. The second-order valence-corrected chi connectivity index (χ2v) is 25.9. The standard InChI is InChI=1S/C62H97N19O13/c1-77-22-24-78(25-23-77)39-16-19-43-44(26-39)70-59(69-43)35-14-17-40(18-15-35)88-34-38-32-80(75-73-38)21-11-7-5-3-2-4-6-10-20-79-30-36(71-74-79)12-8-9-13-37-31-81(76-72-37)33-47-57(93-61-49(68)54(86)52(84)46(29-64)90-61)55(87)62(91-47)94-58-50(82)41(65)27-42(66)56(58)92-60-48(67)53(85)51(83)45(28-63)89-60/h14-19,26,30-32,41-42,45-58,60-62,82-87H,2-13,20-25,27-29,33-34,63-68H2,1H3,(H,69,70)/t41-,42+,45-,46+,47-,48-,49-,50+,51-,52-,53-,54-,55-,56-,57-,58-,60-,61-,62+/m1/s1. The summed E-state index contributed by atoms with van der Waals surface area (Å²) in [7, 11) is 2.17. The molecule has 32 nitrogen and oxygen atoms in total. The third-order valence-electron chi connectivity index (χ3n) is 18.8. The van der Waals surface area contributed by atoms with Crippen molar-refractivity contribution in [2.75, 3.05) is 51.2 Å². The highest BCUT2D eigenvalue weighted by atomic mass is 16.8. The number of hydrogen-bond donors (Lipinski definition) is 13. The Morgan fingerprint density at radius 2 is 1.07 bits per heavy atom. The van der Waals surface area contributed by atoms with Gasteiger partial charge in [0.1, 0.15) is 91.0 Å². The highest BCUT2D eigenvalue weighted by Crippen LogP contribution is 2.36. The van der Waals surface area contributed by atoms with Crippen molar-refractivity contribution in [2.24, 2.45) is 34.4 Å². The van der Waals surface area contributed by atoms with Crippen molar-refractivity contribution in [3.05, 3.63) is 78.1 Å². The maximum Gasteiger partial charge on any atom is 0.187 e. The summed E-state index contributed by atoms with van der Waals surface area (Å²) in [4.78, 5) is 13.1. The molecule has 4 aromatic heterocycles. The van der Waals surface area contributed by atoms with Crippen LogP contribution in [0.15, 0.2) is 61.1 Å². The number of aromatic nitrogens is 11. The topological polar surface area (TPSA) is 469 Å². The Bertz CT molecular complexity index is 3260. The SMILES string of the molecule is CN1CCN(c2ccc3nc(-c4ccc(OCc5cn(CCCCCCCCCCn6cc(CCCCc7cn(C[C@H]8O[C@@H](O[C@@H]9[C@@H](O)[C@H](N)C[C@H](N)[C@H]9O[C@H]9O[C@H](CN)[C@@H](O)[C@H](O)[C@H]9N)[C@H](O)[C@@H]8O[C@H]8O[C@@H](CN)[C@@H](O)[C@H](O)[C@H]8N)nn7)nn6)nn5)cc4)[nH]c3c2)CC1. The monoisotopic (exact) mass is 1320 g/mol. The van der Waals surface area contributed by atoms with Crippen molar-refractivity contribution in [1.82, 2.24) is 59.8 Å². The van der Waals surface area contributed by atoms with Gasteiger partial charge in [-0.2, -0.15) is 0 Å². The molecule has 1 saturated carbocycles. The molecule has 8 heterocycles. The number of unbranched alkanes of at least 4 members (excludes halogenated alkanes) is 8. The molecule has 5 aliphatic rings. The first-order chi connectivity index (χ1) is 45.5. The van der Waals surface area contributed by atoms with Gasteiger partial charge in [0, 0.05) is 88.1 Å². The molecule has 5 fully saturated rings. The number of fused-ring (bicyclic) bond motifs is 1. The van der Waals surface area contributed by atoms with Gasteiger partial charge >= 0.3 is 0 Å². The minimum Gasteiger partial charge on any atom is -0.487 e. The van der Waals surface area contributed by atoms with Crippen molar-refractivity contribution in [1.29, 1.82) is 0 Å². The van der Waals surface area contributed by atoms with Gasteiger partial charge in [0.25, 0.3) is 0 Å². The number of piperazine rings is 1. The van der Waals surface area contributed by atoms with Gasteiger partial charge in [0.2, 0.25) is 0 Å². The first-order valence-corrected chi connectivity index (χ1v) is 33.3. The third kappa shape index (κ3) is 17.1. The van der Waals surface area contributed by atoms with Gasteiger partial charge in [-0.3, -0.25) is 9.36 Å². The number of nitrogens with zero attached hydrogens (tertiary/aromatic N) is 12. The highest BCUT2D eigenvalue weighted by Gasteiger charge is 2.55. The summed E-state index contributed by atoms with van der Waals surface area (Å²) in [5, 5.41) is 92.2. The average molecular weight is 1320 g/mol. The van der Waals surface area contributed by atoms with Crippen LogP contribution in [0.3, 0.4) is 0 Å². The van der Waals surface area contributed by atoms with Gasteiger partial charge in [-0.05, 0) is 94.5 Å². The number of rotatable bonds is 31. The van der Waals surface area contributed by atoms with Gasteiger partial charge in [-0.15, -0.1) is 15.3 Å². The quantitative estimate of drug-likeness (QED) is 0.0206. The van der Waals surface area contributed by atoms with E-state index in [9.17, 15) is 30.6 Å². The molecule has 19 atom stereocenters. The number of aryl methyl sites for hydroxylation is 4. The van der Waals surface area contributed by atoms with Gasteiger partial charge in [0.15, 0.2) is 18.9 Å². The van der Waals surface area contributed by atoms with Gasteiger partial charge < -0.3 is 113 Å². The lowest BCUT2D eigenvalue weighted by Gasteiger charge is -2.47. The fourth-order valence-corrected chi connectivity index (χ4v) is 13.0. The zero-order valence-electron chi connectivity index (χ0n) is 53.4. The molecule has 0 radical (unpaired) electrons. The summed E-state index contributed by atoms with van der Waals surface area (Å²) < 4.78 is 48.3. The molecular formula is C62H97N19O13. The number of aromatic amines is 1. The molecule has 4 aliphatic heterocycles. The number of nitrogens with two attached hydrogens (primary N) is 6. The number of benzene rings is 2. The van der Waals surface area contributed by atoms with E-state index in [1.165, 1.54) is 36.1 Å². The van der Waals surface area contributed by atoms with E-state index in [4.69, 9.17) is 72.5 Å². The number of H-pyrrole nitrogens is 1. The van der Waals surface area contributed by atoms with Gasteiger partial charge in [-0.1, -0.05) is 54.2 Å². The largest absolute Gasteiger partial charge is 0.487 e. The second-order valence-electron chi connectivity index (χ2n) is 25.9. The summed E-state index contributed by atoms with van der Waals surface area (Å²) in [6, 6.07) is 10.1. The minimum atomic E-state index is -1.61. The van der Waals surface area contributed by atoms with Crippen LogP contribution in [0.1, 0.15) is 87.7 Å². The molecular weight excluding hydrogens is 1220 g/mol. The molecule has 11 rings (SSSR count). The van der Waals surface area contributed by atoms with E-state index in [0.717, 1.165) is 124 Å². The summed E-state index contributed by atoms with van der Waals surface area (Å²) in [6.07, 6.45) is -2.12. The van der Waals surface area contributed by atoms with E-state index in [1.54, 1.807) is 6.20 Å². The fourth-order valence-electron chi connectivity index (χ4n) is 13.0. The van der Waals surface area contributed by atoms with Crippen LogP contribution < -0.4 is 44.0 Å². The number of aliphatic hydroxyl groups excluding tert-OH is 6. The van der Waals surface area contributed by atoms with Crippen LogP contribution in [0.4, 0.5) is 5.69 Å². The Morgan fingerprint density at radius 1 is 0.543 bits per heavy atom. The number of nitrogens with one attached hydrogen (secondary N) is 1. The number of likely N-dealkylation sites (N-methyl/N-ethyl adjacent to an activating group) is 1. The summed E-state index contributed by atoms with van der Waals surface area (Å²) in [5.74, 6) is 1.59. The van der Waals surface area contributed by atoms with Crippen LogP contribution in [-0.2, 0) is 67.5 Å². The Morgan fingerprint density at radius 3 is 1.68 bits per heavy atom. The average Bonchev–Trinajstić information content (AvgIpc) is 1.40. The Balaban J connectivity index is 0.569. The van der Waals surface area contributed by atoms with Crippen LogP contribution in [0, 0.1) is 0 Å². The molecule has 0 bridgehead atoms. The van der Waals surface area contributed by atoms with E-state index in [2.05, 4.69) is 71.0 Å². The van der Waals surface area contributed by atoms with E-state index in [-0.39, 0.29) is 26.1 Å². The minimum absolute atomic E-state index is 0.0300. The molecule has 1 aliphatic carbocycles. The molecule has 0 amide bonds. The maximum absolute atomic E-state index is 12.0. The van der Waals surface area contributed by atoms with Crippen molar-refractivity contribution in [3.63, 3.8) is 0 Å². The number of imidazole rings is 1. The molecule has 0 spiro atoms. The van der Waals surface area contributed by atoms with Crippen LogP contribution in [-0.4, -0.2) is 253 Å². The smallest absolute Gasteiger partial charge is 0.187 e. The fraction of sp³-hybridized carbons (Fsp3) is 0.694. The Kier molecular flexibility index (Phi) is 24.0. The van der Waals surface area contributed by atoms with Crippen molar-refractivity contribution in [2.45, 2.75) is 226 Å². The first kappa shape index (κ1) is 69.5. The third-order valence-corrected chi connectivity index (χ3v) is 18.8. The van der Waals surface area contributed by atoms with E-state index in [0.29, 0.717) is 18.7 Å². The van der Waals surface area contributed by atoms with Crippen LogP contribution in [0.5, 0.6) is 5.75 Å². The molecule has 32 heteroatoms. The molecule has 2 aromatic carbocycles. The lowest BCUT2D eigenvalue weighted by atomic mass is 9.84. The Labute approximate surface area is 545 Å². The van der Waals surface area contributed by atoms with Gasteiger partial charge in [0.05, 0.1) is 53.4 Å². The van der Waals surface area contributed by atoms with Gasteiger partial charge in [-0.25, -0.2) is 9.67 Å². The van der Waals surface area contributed by atoms with Crippen molar-refractivity contribution < 1.29 is 63.8 Å². The van der Waals surface area contributed by atoms with E-state index >= 15 is 0 Å². The van der Waals surface area contributed by atoms with Crippen molar-refractivity contribution >= 4 is 16.7 Å². The predicted octanol–water partition coefficient (Wildman–Crippen LogP) is -2.15. The van der Waals surface area contributed by atoms with Crippen LogP contribution in [0.25, 0.3) is 22.4 Å². The summed E-state index contributed by atoms with van der Waals surface area (Å²) >= 11 is 0. The van der Waals surface area contributed by atoms with E-state index in [1.807, 2.05) is 46.0 Å². The zero-order chi connectivity index (χ0) is 66.0. The summed E-state index contributed by atoms with van der Waals surface area (Å²) in [5.41, 5.74) is 43.7. The molecule has 4 saturated heterocycles. The normalized spacial score (nSPS) is 31.8. The number of ether oxygens (including phenoxy) is 7. The Hall–Kier alpha value is -5.83. The van der Waals surface area contributed by atoms with Crippen LogP contribution >= 0.6 is 0 Å². The predicted molar refractivity (Wildman–Crippen MR) is 340 cm³/mol. The molecule has 6 aromatic rings. The molecule has 94 heavy (non-hydrogen) atoms. The first-order valence-electron chi connectivity index (χ1n) is 33.3. The number of hydrogen-bond acceptors (Lipinski definition) is 28. The van der Waals surface area contributed by atoms with Crippen LogP contribution in [0.2, 0.25) is 0 Å². The maximum atomic E-state index is 12.0. The second kappa shape index (κ2) is 32.5. The van der Waals surface area contributed by atoms with Crippen molar-refractivity contribution in [3.8, 4) is 17.1 Å². The van der Waals surface area contributed by atoms with E-state index < -0.39 is 116 Å². The highest BCUT2D eigenvalue weighted by molar-refractivity contribution is 5.83. The molecule has 518 valence electrons.